The fourth-order valence-corrected chi connectivity index (χ4v) is 3.80. The van der Waals surface area contributed by atoms with E-state index >= 15 is 0 Å². The summed E-state index contributed by atoms with van der Waals surface area (Å²) < 4.78 is 0. The summed E-state index contributed by atoms with van der Waals surface area (Å²) in [5.41, 5.74) is 5.93. The molecule has 0 radical (unpaired) electrons. The van der Waals surface area contributed by atoms with E-state index in [0.717, 1.165) is 25.7 Å². The van der Waals surface area contributed by atoms with Crippen LogP contribution in [0.5, 0.6) is 0 Å². The summed E-state index contributed by atoms with van der Waals surface area (Å²) >= 11 is 0. The van der Waals surface area contributed by atoms with Gasteiger partial charge in [-0.25, -0.2) is 0 Å². The number of likely N-dealkylation sites (tertiary alicyclic amines) is 2. The molecule has 2 aliphatic heterocycles. The van der Waals surface area contributed by atoms with Gasteiger partial charge in [0.15, 0.2) is 0 Å². The van der Waals surface area contributed by atoms with Crippen molar-refractivity contribution in [2.45, 2.75) is 31.7 Å². The Labute approximate surface area is 130 Å². The highest BCUT2D eigenvalue weighted by Crippen LogP contribution is 2.34. The van der Waals surface area contributed by atoms with Crippen molar-refractivity contribution in [2.75, 3.05) is 20.1 Å². The second-order valence-electron chi connectivity index (χ2n) is 6.32. The molecule has 1 aliphatic carbocycles. The van der Waals surface area contributed by atoms with Crippen molar-refractivity contribution in [1.82, 2.24) is 9.80 Å². The molecule has 3 fully saturated rings. The Morgan fingerprint density at radius 2 is 1.71 bits per heavy atom. The molecule has 3 amide bonds. The highest BCUT2D eigenvalue weighted by molar-refractivity contribution is 6.06. The maximum Gasteiger partial charge on any atom is 0.234 e. The van der Waals surface area contributed by atoms with Gasteiger partial charge in [-0.15, -0.1) is 12.4 Å². The van der Waals surface area contributed by atoms with E-state index in [1.165, 1.54) is 11.9 Å². The molecule has 0 spiro atoms. The van der Waals surface area contributed by atoms with Gasteiger partial charge in [-0.2, -0.15) is 0 Å². The number of rotatable bonds is 1. The Kier molecular flexibility index (Phi) is 4.58. The number of hydrogen-bond acceptors (Lipinski definition) is 4. The van der Waals surface area contributed by atoms with Gasteiger partial charge in [0.2, 0.25) is 17.7 Å². The van der Waals surface area contributed by atoms with Gasteiger partial charge in [0.25, 0.3) is 0 Å². The second kappa shape index (κ2) is 5.93. The molecule has 0 aromatic heterocycles. The molecule has 21 heavy (non-hydrogen) atoms. The summed E-state index contributed by atoms with van der Waals surface area (Å²) in [5, 5.41) is 0. The molecule has 2 saturated heterocycles. The first kappa shape index (κ1) is 16.2. The fourth-order valence-electron chi connectivity index (χ4n) is 3.80. The minimum atomic E-state index is -0.325. The molecule has 6 nitrogen and oxygen atoms in total. The summed E-state index contributed by atoms with van der Waals surface area (Å²) in [7, 11) is 1.52. The van der Waals surface area contributed by atoms with Gasteiger partial charge in [-0.1, -0.05) is 6.42 Å². The van der Waals surface area contributed by atoms with Gasteiger partial charge < -0.3 is 10.6 Å². The van der Waals surface area contributed by atoms with Gasteiger partial charge in [-0.05, 0) is 19.3 Å². The van der Waals surface area contributed by atoms with E-state index < -0.39 is 0 Å². The van der Waals surface area contributed by atoms with Crippen molar-refractivity contribution in [1.29, 1.82) is 0 Å². The third kappa shape index (κ3) is 2.66. The van der Waals surface area contributed by atoms with Crippen molar-refractivity contribution in [3.05, 3.63) is 0 Å². The van der Waals surface area contributed by atoms with Gasteiger partial charge >= 0.3 is 0 Å². The molecule has 1 saturated carbocycles. The third-order valence-corrected chi connectivity index (χ3v) is 4.99. The molecule has 3 rings (SSSR count). The van der Waals surface area contributed by atoms with Crippen LogP contribution in [-0.4, -0.2) is 53.7 Å². The van der Waals surface area contributed by atoms with Crippen LogP contribution in [0.25, 0.3) is 0 Å². The zero-order valence-corrected chi connectivity index (χ0v) is 13.0. The highest BCUT2D eigenvalue weighted by Gasteiger charge is 2.52. The Morgan fingerprint density at radius 1 is 1.14 bits per heavy atom. The molecule has 0 aromatic carbocycles. The molecule has 2 heterocycles. The third-order valence-electron chi connectivity index (χ3n) is 4.99. The van der Waals surface area contributed by atoms with E-state index in [1.807, 2.05) is 0 Å². The van der Waals surface area contributed by atoms with Crippen LogP contribution in [0.15, 0.2) is 0 Å². The zero-order valence-electron chi connectivity index (χ0n) is 12.2. The van der Waals surface area contributed by atoms with E-state index in [4.69, 9.17) is 5.73 Å². The predicted molar refractivity (Wildman–Crippen MR) is 78.5 cm³/mol. The van der Waals surface area contributed by atoms with Crippen LogP contribution in [0.2, 0.25) is 0 Å². The molecule has 0 unspecified atom stereocenters. The number of nitrogens with zero attached hydrogens (tertiary/aromatic N) is 2. The van der Waals surface area contributed by atoms with E-state index in [9.17, 15) is 14.4 Å². The first-order valence-electron chi connectivity index (χ1n) is 7.35. The topological polar surface area (TPSA) is 83.7 Å². The van der Waals surface area contributed by atoms with Gasteiger partial charge in [0, 0.05) is 32.1 Å². The fraction of sp³-hybridized carbons (Fsp3) is 0.786. The number of carbonyl (C=O) groups excluding carboxylic acids is 3. The molecule has 4 atom stereocenters. The maximum atomic E-state index is 12.5. The Balaban J connectivity index is 0.00000161. The molecule has 118 valence electrons. The van der Waals surface area contributed by atoms with Crippen LogP contribution in [0.4, 0.5) is 0 Å². The lowest BCUT2D eigenvalue weighted by atomic mass is 9.85. The standard InChI is InChI=1S/C14H21N3O3.ClH/c1-16-13(19)10-6-17(7-11(10)14(16)20)12(18)8-3-2-4-9(15)5-8;/h8-11H,2-7,15H2,1H3;1H/t8-,9+,10-,11+;/m1./s1. The predicted octanol–water partition coefficient (Wildman–Crippen LogP) is -0.00110. The Bertz CT molecular complexity index is 446. The smallest absolute Gasteiger partial charge is 0.234 e. The number of imide groups is 1. The van der Waals surface area contributed by atoms with E-state index in [0.29, 0.717) is 13.1 Å². The number of hydrogen-bond donors (Lipinski definition) is 1. The van der Waals surface area contributed by atoms with Crippen molar-refractivity contribution in [2.24, 2.45) is 23.5 Å². The number of carbonyl (C=O) groups is 3. The van der Waals surface area contributed by atoms with Crippen LogP contribution in [0.1, 0.15) is 25.7 Å². The summed E-state index contributed by atoms with van der Waals surface area (Å²) in [4.78, 5) is 39.3. The number of amides is 3. The lowest BCUT2D eigenvalue weighted by molar-refractivity contribution is -0.140. The largest absolute Gasteiger partial charge is 0.341 e. The Hall–Kier alpha value is -1.14. The van der Waals surface area contributed by atoms with Crippen LogP contribution < -0.4 is 5.73 Å². The van der Waals surface area contributed by atoms with Crippen molar-refractivity contribution in [3.63, 3.8) is 0 Å². The van der Waals surface area contributed by atoms with Crippen molar-refractivity contribution in [3.8, 4) is 0 Å². The van der Waals surface area contributed by atoms with Gasteiger partial charge in [0.1, 0.15) is 0 Å². The Morgan fingerprint density at radius 3 is 2.24 bits per heavy atom. The van der Waals surface area contributed by atoms with E-state index in [1.54, 1.807) is 4.90 Å². The number of fused-ring (bicyclic) bond motifs is 1. The summed E-state index contributed by atoms with van der Waals surface area (Å²) in [6.07, 6.45) is 3.57. The SMILES string of the molecule is CN1C(=O)[C@H]2CN(C(=O)[C@@H]3CCC[C@H](N)C3)C[C@H]2C1=O.Cl. The minimum Gasteiger partial charge on any atom is -0.341 e. The van der Waals surface area contributed by atoms with Gasteiger partial charge in [0.05, 0.1) is 11.8 Å². The molecule has 0 aromatic rings. The van der Waals surface area contributed by atoms with Gasteiger partial charge in [-0.3, -0.25) is 19.3 Å². The maximum absolute atomic E-state index is 12.5. The summed E-state index contributed by atoms with van der Waals surface area (Å²) in [6, 6.07) is 0.106. The first-order chi connectivity index (χ1) is 9.49. The average molecular weight is 316 g/mol. The number of halogens is 1. The van der Waals surface area contributed by atoms with Crippen LogP contribution >= 0.6 is 12.4 Å². The molecular weight excluding hydrogens is 294 g/mol. The highest BCUT2D eigenvalue weighted by atomic mass is 35.5. The summed E-state index contributed by atoms with van der Waals surface area (Å²) in [5.74, 6) is -0.882. The molecular formula is C14H22ClN3O3. The van der Waals surface area contributed by atoms with E-state index in [-0.39, 0.29) is 53.9 Å². The number of nitrogens with two attached hydrogens (primary N) is 1. The van der Waals surface area contributed by atoms with E-state index in [2.05, 4.69) is 0 Å². The lowest BCUT2D eigenvalue weighted by Crippen LogP contribution is -2.42. The average Bonchev–Trinajstić information content (AvgIpc) is 2.95. The molecule has 2 N–H and O–H groups in total. The lowest BCUT2D eigenvalue weighted by Gasteiger charge is -2.29. The van der Waals surface area contributed by atoms with Crippen molar-refractivity contribution < 1.29 is 14.4 Å². The zero-order chi connectivity index (χ0) is 14.4. The van der Waals surface area contributed by atoms with Crippen molar-refractivity contribution >= 4 is 30.1 Å². The quantitative estimate of drug-likeness (QED) is 0.690. The molecule has 0 bridgehead atoms. The van der Waals surface area contributed by atoms with Crippen LogP contribution in [0, 0.1) is 17.8 Å². The summed E-state index contributed by atoms with van der Waals surface area (Å²) in [6.45, 7) is 0.786. The minimum absolute atomic E-state index is 0. The first-order valence-corrected chi connectivity index (χ1v) is 7.35. The monoisotopic (exact) mass is 315 g/mol. The van der Waals surface area contributed by atoms with Crippen LogP contribution in [-0.2, 0) is 14.4 Å². The van der Waals surface area contributed by atoms with Crippen LogP contribution in [0.3, 0.4) is 0 Å². The molecule has 7 heteroatoms. The second-order valence-corrected chi connectivity index (χ2v) is 6.32. The molecule has 3 aliphatic rings. The normalized spacial score (nSPS) is 35.7.